The number of likely N-dealkylation sites (tertiary alicyclic amines) is 2. The zero-order valence-electron chi connectivity index (χ0n) is 33.6. The Labute approximate surface area is 347 Å². The number of rotatable bonds is 14. The first kappa shape index (κ1) is 40.0. The van der Waals surface area contributed by atoms with Crippen LogP contribution in [-0.4, -0.2) is 81.4 Å². The number of hydrogen-bond donors (Lipinski definition) is 3. The average Bonchev–Trinajstić information content (AvgIpc) is 4.12. The third-order valence-corrected chi connectivity index (χ3v) is 11.2. The number of H-pyrrole nitrogens is 2. The van der Waals surface area contributed by atoms with Crippen molar-refractivity contribution < 1.29 is 28.9 Å². The number of fused-ring (bicyclic) bond motifs is 2. The molecule has 0 saturated carbocycles. The van der Waals surface area contributed by atoms with Crippen LogP contribution < -0.4 is 5.32 Å². The van der Waals surface area contributed by atoms with E-state index in [1.54, 1.807) is 4.90 Å². The van der Waals surface area contributed by atoms with Crippen LogP contribution in [0, 0.1) is 0 Å². The highest BCUT2D eigenvalue weighted by Gasteiger charge is 2.38. The lowest BCUT2D eigenvalue weighted by Gasteiger charge is -2.28. The quantitative estimate of drug-likeness (QED) is 0.0334. The van der Waals surface area contributed by atoms with Crippen molar-refractivity contribution in [2.75, 3.05) is 27.3 Å². The summed E-state index contributed by atoms with van der Waals surface area (Å²) in [6, 6.07) is 29.0. The molecule has 14 nitrogen and oxygen atoms in total. The Balaban J connectivity index is 0.908. The highest BCUT2D eigenvalue weighted by atomic mass is 17.2. The summed E-state index contributed by atoms with van der Waals surface area (Å²) in [7, 11) is 2.68. The number of nitrogens with one attached hydrogen (secondary N) is 3. The van der Waals surface area contributed by atoms with Crippen molar-refractivity contribution in [1.82, 2.24) is 35.1 Å². The SMILES string of the molecule is COOC=N[C@@H](C(=O)N1CCC[C@H]1c1nc2ccc(C/C=C/Cc3ccc4nc([C@@H]5CCCN5C(=O)[C@H](NC(=O)OC)c5ccccc5)[nH]c4c3)cc2[nH]1)c1ccccc1. The zero-order valence-corrected chi connectivity index (χ0v) is 33.6. The van der Waals surface area contributed by atoms with Gasteiger partial charge in [-0.25, -0.2) is 19.8 Å². The normalized spacial score (nSPS) is 17.8. The molecule has 0 spiro atoms. The molecule has 308 valence electrons. The predicted octanol–water partition coefficient (Wildman–Crippen LogP) is 7.55. The number of ether oxygens (including phenoxy) is 1. The summed E-state index contributed by atoms with van der Waals surface area (Å²) in [5.74, 6) is 1.18. The highest BCUT2D eigenvalue weighted by molar-refractivity contribution is 5.88. The molecule has 2 aromatic heterocycles. The molecule has 2 aliphatic rings. The van der Waals surface area contributed by atoms with Crippen molar-refractivity contribution in [3.63, 3.8) is 0 Å². The van der Waals surface area contributed by atoms with E-state index in [1.165, 1.54) is 20.6 Å². The van der Waals surface area contributed by atoms with Gasteiger partial charge >= 0.3 is 6.09 Å². The van der Waals surface area contributed by atoms with Gasteiger partial charge in [0.2, 0.25) is 6.40 Å². The molecule has 4 aromatic carbocycles. The average molecular weight is 809 g/mol. The number of aliphatic imine (C=N–C) groups is 1. The van der Waals surface area contributed by atoms with Crippen LogP contribution in [0.1, 0.15) is 83.8 Å². The molecule has 3 N–H and O–H groups in total. The summed E-state index contributed by atoms with van der Waals surface area (Å²) in [5.41, 5.74) is 7.27. The highest BCUT2D eigenvalue weighted by Crippen LogP contribution is 2.36. The number of carbonyl (C=O) groups excluding carboxylic acids is 3. The van der Waals surface area contributed by atoms with E-state index >= 15 is 0 Å². The van der Waals surface area contributed by atoms with Crippen LogP contribution in [0.25, 0.3) is 22.1 Å². The van der Waals surface area contributed by atoms with E-state index in [9.17, 15) is 14.4 Å². The number of nitrogens with zero attached hydrogens (tertiary/aromatic N) is 5. The number of amides is 3. The van der Waals surface area contributed by atoms with Crippen molar-refractivity contribution in [3.8, 4) is 0 Å². The Bertz CT molecular complexity index is 2500. The first-order valence-corrected chi connectivity index (χ1v) is 20.3. The Hall–Kier alpha value is -6.80. The smallest absolute Gasteiger partial charge is 0.407 e. The molecule has 8 rings (SSSR count). The molecule has 0 bridgehead atoms. The van der Waals surface area contributed by atoms with Gasteiger partial charge in [-0.2, -0.15) is 4.89 Å². The van der Waals surface area contributed by atoms with E-state index in [2.05, 4.69) is 61.6 Å². The minimum absolute atomic E-state index is 0.117. The second kappa shape index (κ2) is 18.4. The maximum Gasteiger partial charge on any atom is 0.407 e. The number of aromatic amines is 2. The molecule has 60 heavy (non-hydrogen) atoms. The lowest BCUT2D eigenvalue weighted by atomic mass is 10.1. The van der Waals surface area contributed by atoms with E-state index in [4.69, 9.17) is 19.6 Å². The van der Waals surface area contributed by atoms with Gasteiger partial charge in [-0.3, -0.25) is 9.59 Å². The van der Waals surface area contributed by atoms with Crippen molar-refractivity contribution in [2.45, 2.75) is 62.7 Å². The van der Waals surface area contributed by atoms with Crippen molar-refractivity contribution in [1.29, 1.82) is 0 Å². The first-order chi connectivity index (χ1) is 29.4. The van der Waals surface area contributed by atoms with Crippen LogP contribution in [0.15, 0.2) is 114 Å². The van der Waals surface area contributed by atoms with Gasteiger partial charge in [0.05, 0.1) is 48.4 Å². The second-order valence-corrected chi connectivity index (χ2v) is 15.0. The summed E-state index contributed by atoms with van der Waals surface area (Å²) in [5, 5.41) is 2.72. The van der Waals surface area contributed by atoms with Gasteiger partial charge in [0.1, 0.15) is 17.7 Å². The molecule has 14 heteroatoms. The molecule has 4 atom stereocenters. The predicted molar refractivity (Wildman–Crippen MR) is 227 cm³/mol. The maximum atomic E-state index is 13.9. The molecule has 0 unspecified atom stereocenters. The molecule has 0 aliphatic carbocycles. The van der Waals surface area contributed by atoms with Gasteiger partial charge in [-0.05, 0) is 85.0 Å². The van der Waals surface area contributed by atoms with Gasteiger partial charge in [-0.15, -0.1) is 0 Å². The van der Waals surface area contributed by atoms with Crippen molar-refractivity contribution in [3.05, 3.63) is 143 Å². The van der Waals surface area contributed by atoms with E-state index < -0.39 is 18.2 Å². The van der Waals surface area contributed by atoms with Gasteiger partial charge in [0.25, 0.3) is 11.8 Å². The molecule has 0 radical (unpaired) electrons. The Kier molecular flexibility index (Phi) is 12.3. The van der Waals surface area contributed by atoms with Crippen LogP contribution in [-0.2, 0) is 36.9 Å². The number of aromatic nitrogens is 4. The van der Waals surface area contributed by atoms with Gasteiger partial charge in [-0.1, -0.05) is 84.9 Å². The van der Waals surface area contributed by atoms with E-state index in [-0.39, 0.29) is 23.9 Å². The third kappa shape index (κ3) is 8.78. The number of carbonyl (C=O) groups is 3. The number of alkyl carbamates (subject to hydrolysis) is 1. The number of imidazole rings is 2. The lowest BCUT2D eigenvalue weighted by molar-refractivity contribution is -0.188. The largest absolute Gasteiger partial charge is 0.453 e. The molecule has 2 fully saturated rings. The lowest BCUT2D eigenvalue weighted by Crippen LogP contribution is -2.42. The van der Waals surface area contributed by atoms with E-state index in [0.29, 0.717) is 18.7 Å². The summed E-state index contributed by atoms with van der Waals surface area (Å²) >= 11 is 0. The summed E-state index contributed by atoms with van der Waals surface area (Å²) < 4.78 is 4.84. The Morgan fingerprint density at radius 3 is 1.82 bits per heavy atom. The topological polar surface area (TPSA) is 167 Å². The van der Waals surface area contributed by atoms with Crippen molar-refractivity contribution in [2.24, 2.45) is 4.99 Å². The molecule has 3 amide bonds. The monoisotopic (exact) mass is 808 g/mol. The van der Waals surface area contributed by atoms with Crippen LogP contribution in [0.3, 0.4) is 0 Å². The van der Waals surface area contributed by atoms with E-state index in [0.717, 1.165) is 88.9 Å². The number of benzene rings is 4. The summed E-state index contributed by atoms with van der Waals surface area (Å²) in [6.45, 7) is 1.18. The third-order valence-electron chi connectivity index (χ3n) is 11.2. The number of hydrogen-bond acceptors (Lipinski definition) is 9. The molecular weight excluding hydrogens is 761 g/mol. The number of methoxy groups -OCH3 is 1. The van der Waals surface area contributed by atoms with Crippen LogP contribution in [0.5, 0.6) is 0 Å². The zero-order chi connectivity index (χ0) is 41.4. The van der Waals surface area contributed by atoms with E-state index in [1.807, 2.05) is 77.7 Å². The van der Waals surface area contributed by atoms with Crippen LogP contribution >= 0.6 is 0 Å². The molecule has 4 heterocycles. The Morgan fingerprint density at radius 1 is 0.750 bits per heavy atom. The summed E-state index contributed by atoms with van der Waals surface area (Å²) in [4.78, 5) is 74.5. The molecule has 2 saturated heterocycles. The first-order valence-electron chi connectivity index (χ1n) is 20.3. The molecule has 2 aliphatic heterocycles. The van der Waals surface area contributed by atoms with Gasteiger partial charge < -0.3 is 34.7 Å². The number of allylic oxidation sites excluding steroid dienone is 2. The fourth-order valence-electron chi connectivity index (χ4n) is 8.28. The minimum atomic E-state index is -0.872. The van der Waals surface area contributed by atoms with Crippen LogP contribution in [0.4, 0.5) is 4.79 Å². The van der Waals surface area contributed by atoms with Crippen LogP contribution in [0.2, 0.25) is 0 Å². The van der Waals surface area contributed by atoms with Crippen molar-refractivity contribution >= 4 is 46.4 Å². The fraction of sp³-hybridized carbons (Fsp3) is 0.304. The fourth-order valence-corrected chi connectivity index (χ4v) is 8.28. The molecule has 6 aromatic rings. The molecular formula is C46H48N8O6. The summed E-state index contributed by atoms with van der Waals surface area (Å²) in [6.07, 6.45) is 9.59. The second-order valence-electron chi connectivity index (χ2n) is 15.0. The standard InChI is InChI=1S/C46H48N8O6/c1-58-46(57)52-41(33-17-7-4-8-18-33)45(56)54-26-12-20-39(54)43-49-35-24-22-31(28-37(35)51-43)14-10-9-13-30-21-23-34-36(27-30)50-42(48-34)38-19-11-25-53(38)44(55)40(47-29-60-59-2)32-15-5-3-6-16-32/h3-10,15-18,21-24,27-29,38-41H,11-14,19-20,25-26H2,1-2H3,(H,48,50)(H,49,51)(H,52,57)/b10-9+,47-29?/t38-,39-,40+,41+/m0/s1. The Morgan fingerprint density at radius 2 is 1.28 bits per heavy atom. The van der Waals surface area contributed by atoms with Gasteiger partial charge in [0, 0.05) is 13.1 Å². The minimum Gasteiger partial charge on any atom is -0.453 e. The van der Waals surface area contributed by atoms with Gasteiger partial charge in [0.15, 0.2) is 6.04 Å². The maximum absolute atomic E-state index is 13.9.